The summed E-state index contributed by atoms with van der Waals surface area (Å²) in [6.07, 6.45) is 4.76. The third kappa shape index (κ3) is 3.53. The lowest BCUT2D eigenvalue weighted by atomic mass is 10.1. The summed E-state index contributed by atoms with van der Waals surface area (Å²) in [5.74, 6) is 0.719. The van der Waals surface area contributed by atoms with Crippen molar-refractivity contribution in [2.75, 3.05) is 18.0 Å². The molecule has 2 N–H and O–H groups in total. The first-order chi connectivity index (χ1) is 13.3. The minimum absolute atomic E-state index is 0.0889. The molecule has 2 unspecified atom stereocenters. The number of hydrogen-bond acceptors (Lipinski definition) is 5. The Morgan fingerprint density at radius 2 is 2.07 bits per heavy atom. The summed E-state index contributed by atoms with van der Waals surface area (Å²) >= 11 is 0. The molecule has 0 saturated carbocycles. The number of hydrogen-bond donors (Lipinski definition) is 1. The largest absolute Gasteiger partial charge is 0.341 e. The van der Waals surface area contributed by atoms with Gasteiger partial charge in [-0.3, -0.25) is 13.9 Å². The maximum absolute atomic E-state index is 13.4. The van der Waals surface area contributed by atoms with Gasteiger partial charge in [-0.2, -0.15) is 4.98 Å². The first kappa shape index (κ1) is 20.4. The fourth-order valence-corrected chi connectivity index (χ4v) is 3.78. The van der Waals surface area contributed by atoms with Crippen molar-refractivity contribution in [3.05, 3.63) is 32.5 Å². The fraction of sp³-hybridized carbons (Fsp3) is 0.650. The van der Waals surface area contributed by atoms with Gasteiger partial charge in [0.1, 0.15) is 0 Å². The molecule has 1 fully saturated rings. The predicted molar refractivity (Wildman–Crippen MR) is 113 cm³/mol. The summed E-state index contributed by atoms with van der Waals surface area (Å²) in [6, 6.07) is -0.0830. The molecule has 2 aromatic rings. The van der Waals surface area contributed by atoms with Crippen LogP contribution in [0.3, 0.4) is 0 Å². The molecule has 1 aliphatic heterocycles. The highest BCUT2D eigenvalue weighted by molar-refractivity contribution is 5.74. The van der Waals surface area contributed by atoms with E-state index in [-0.39, 0.29) is 23.3 Å². The smallest absolute Gasteiger partial charge is 0.332 e. The van der Waals surface area contributed by atoms with Crippen LogP contribution in [-0.2, 0) is 13.6 Å². The van der Waals surface area contributed by atoms with E-state index >= 15 is 0 Å². The third-order valence-electron chi connectivity index (χ3n) is 5.62. The van der Waals surface area contributed by atoms with E-state index in [0.29, 0.717) is 30.7 Å². The number of anilines is 1. The second-order valence-electron chi connectivity index (χ2n) is 8.10. The van der Waals surface area contributed by atoms with Gasteiger partial charge in [0.2, 0.25) is 5.95 Å². The Bertz CT molecular complexity index is 1010. The average Bonchev–Trinajstić information content (AvgIpc) is 3.04. The Hall–Kier alpha value is -2.35. The fourth-order valence-electron chi connectivity index (χ4n) is 3.78. The number of piperidine rings is 1. The van der Waals surface area contributed by atoms with E-state index in [4.69, 9.17) is 10.7 Å². The molecule has 2 aromatic heterocycles. The van der Waals surface area contributed by atoms with Crippen molar-refractivity contribution in [3.63, 3.8) is 0 Å². The minimum atomic E-state index is -0.319. The number of rotatable bonds is 5. The van der Waals surface area contributed by atoms with Gasteiger partial charge in [0.25, 0.3) is 5.56 Å². The van der Waals surface area contributed by atoms with E-state index in [2.05, 4.69) is 11.0 Å². The van der Waals surface area contributed by atoms with Gasteiger partial charge in [-0.1, -0.05) is 18.6 Å². The first-order valence-corrected chi connectivity index (χ1v) is 10.1. The Balaban J connectivity index is 2.32. The van der Waals surface area contributed by atoms with Crippen molar-refractivity contribution in [2.45, 2.75) is 65.6 Å². The highest BCUT2D eigenvalue weighted by atomic mass is 16.2. The van der Waals surface area contributed by atoms with Crippen LogP contribution in [0.2, 0.25) is 0 Å². The van der Waals surface area contributed by atoms with Crippen molar-refractivity contribution in [1.82, 2.24) is 18.7 Å². The zero-order chi connectivity index (χ0) is 20.6. The zero-order valence-corrected chi connectivity index (χ0v) is 17.6. The number of aromatic nitrogens is 4. The molecule has 8 nitrogen and oxygen atoms in total. The van der Waals surface area contributed by atoms with Crippen LogP contribution in [0.5, 0.6) is 0 Å². The van der Waals surface area contributed by atoms with Crippen molar-refractivity contribution < 1.29 is 0 Å². The second kappa shape index (κ2) is 7.95. The summed E-state index contributed by atoms with van der Waals surface area (Å²) in [5.41, 5.74) is 7.67. The van der Waals surface area contributed by atoms with Crippen molar-refractivity contribution in [3.8, 4) is 0 Å². The van der Waals surface area contributed by atoms with E-state index < -0.39 is 0 Å². The lowest BCUT2D eigenvalue weighted by molar-refractivity contribution is 0.479. The summed E-state index contributed by atoms with van der Waals surface area (Å²) in [4.78, 5) is 33.1. The number of imidazole rings is 1. The van der Waals surface area contributed by atoms with Crippen LogP contribution in [0, 0.1) is 0 Å². The molecule has 28 heavy (non-hydrogen) atoms. The zero-order valence-electron chi connectivity index (χ0n) is 17.6. The summed E-state index contributed by atoms with van der Waals surface area (Å²) in [7, 11) is 1.69. The molecule has 154 valence electrons. The first-order valence-electron chi connectivity index (χ1n) is 10.1. The van der Waals surface area contributed by atoms with E-state index in [1.807, 2.05) is 32.3 Å². The van der Waals surface area contributed by atoms with E-state index in [1.54, 1.807) is 7.05 Å². The average molecular weight is 389 g/mol. The van der Waals surface area contributed by atoms with Crippen LogP contribution < -0.4 is 21.9 Å². The Morgan fingerprint density at radius 1 is 1.36 bits per heavy atom. The normalized spacial score (nSPS) is 18.5. The van der Waals surface area contributed by atoms with E-state index in [0.717, 1.165) is 30.9 Å². The number of aryl methyl sites for hydroxylation is 1. The Morgan fingerprint density at radius 3 is 2.68 bits per heavy atom. The van der Waals surface area contributed by atoms with Gasteiger partial charge < -0.3 is 15.2 Å². The monoisotopic (exact) mass is 388 g/mol. The number of fused-ring (bicyclic) bond motifs is 1. The number of allylic oxidation sites excluding steroid dienone is 2. The van der Waals surface area contributed by atoms with Crippen LogP contribution in [0.15, 0.2) is 21.2 Å². The number of nitrogens with zero attached hydrogens (tertiary/aromatic N) is 5. The molecule has 0 radical (unpaired) electrons. The highest BCUT2D eigenvalue weighted by Crippen LogP contribution is 2.23. The van der Waals surface area contributed by atoms with Gasteiger partial charge in [-0.25, -0.2) is 4.79 Å². The van der Waals surface area contributed by atoms with Crippen molar-refractivity contribution in [1.29, 1.82) is 0 Å². The molecule has 1 aliphatic rings. The van der Waals surface area contributed by atoms with Gasteiger partial charge in [-0.05, 0) is 40.0 Å². The molecule has 0 amide bonds. The molecule has 0 spiro atoms. The van der Waals surface area contributed by atoms with E-state index in [1.165, 1.54) is 9.13 Å². The van der Waals surface area contributed by atoms with Crippen LogP contribution in [0.25, 0.3) is 11.2 Å². The van der Waals surface area contributed by atoms with Gasteiger partial charge in [0, 0.05) is 38.8 Å². The third-order valence-corrected chi connectivity index (χ3v) is 5.62. The van der Waals surface area contributed by atoms with Crippen LogP contribution in [0.1, 0.15) is 53.0 Å². The standard InChI is InChI=1S/C20H32N6O2/c1-6-14(4)26-18(27)16-17(23(5)20(26)28)22-19(25(16)11-9-13(2)3)24-10-7-8-15(21)12-24/h9,14-15H,6-8,10-12,21H2,1-5H3. The lowest BCUT2D eigenvalue weighted by Crippen LogP contribution is -2.44. The Labute approximate surface area is 165 Å². The van der Waals surface area contributed by atoms with Crippen molar-refractivity contribution >= 4 is 17.1 Å². The lowest BCUT2D eigenvalue weighted by Gasteiger charge is -2.31. The van der Waals surface area contributed by atoms with Gasteiger partial charge in [0.15, 0.2) is 11.2 Å². The predicted octanol–water partition coefficient (Wildman–Crippen LogP) is 1.76. The minimum Gasteiger partial charge on any atom is -0.341 e. The Kier molecular flexibility index (Phi) is 5.79. The molecule has 0 aliphatic carbocycles. The van der Waals surface area contributed by atoms with Crippen LogP contribution in [-0.4, -0.2) is 37.8 Å². The molecule has 8 heteroatoms. The quantitative estimate of drug-likeness (QED) is 0.788. The van der Waals surface area contributed by atoms with Crippen LogP contribution in [0.4, 0.5) is 5.95 Å². The molecule has 3 heterocycles. The molecule has 0 aromatic carbocycles. The van der Waals surface area contributed by atoms with Crippen LogP contribution >= 0.6 is 0 Å². The van der Waals surface area contributed by atoms with Gasteiger partial charge in [-0.15, -0.1) is 0 Å². The van der Waals surface area contributed by atoms with Gasteiger partial charge in [0.05, 0.1) is 0 Å². The molecule has 1 saturated heterocycles. The maximum Gasteiger partial charge on any atom is 0.332 e. The highest BCUT2D eigenvalue weighted by Gasteiger charge is 2.26. The summed E-state index contributed by atoms with van der Waals surface area (Å²) in [5, 5.41) is 0. The molecule has 3 rings (SSSR count). The summed E-state index contributed by atoms with van der Waals surface area (Å²) in [6.45, 7) is 10.0. The topological polar surface area (TPSA) is 91.1 Å². The second-order valence-corrected chi connectivity index (χ2v) is 8.10. The maximum atomic E-state index is 13.4. The van der Waals surface area contributed by atoms with Gasteiger partial charge >= 0.3 is 5.69 Å². The SMILES string of the molecule is CCC(C)n1c(=O)c2c(nc(N3CCCC(N)C3)n2CC=C(C)C)n(C)c1=O. The number of nitrogens with two attached hydrogens (primary N) is 1. The molecular formula is C20H32N6O2. The summed E-state index contributed by atoms with van der Waals surface area (Å²) < 4.78 is 4.80. The van der Waals surface area contributed by atoms with E-state index in [9.17, 15) is 9.59 Å². The molecular weight excluding hydrogens is 356 g/mol. The molecule has 2 atom stereocenters. The van der Waals surface area contributed by atoms with Crippen molar-refractivity contribution in [2.24, 2.45) is 12.8 Å². The molecule has 0 bridgehead atoms.